The summed E-state index contributed by atoms with van der Waals surface area (Å²) in [5, 5.41) is 0. The van der Waals surface area contributed by atoms with E-state index in [1.54, 1.807) is 0 Å². The number of hydrogen-bond acceptors (Lipinski definition) is 2. The van der Waals surface area contributed by atoms with Crippen LogP contribution >= 0.6 is 23.5 Å². The Hall–Kier alpha value is 0.460. The Morgan fingerprint density at radius 3 is 0.894 bits per heavy atom. The van der Waals surface area contributed by atoms with Gasteiger partial charge >= 0.3 is 0 Å². The molecular formula is C41H72I2N2S2. The molecule has 47 heavy (non-hydrogen) atoms. The Kier molecular flexibility index (Phi) is 36.6. The minimum atomic E-state index is 0. The van der Waals surface area contributed by atoms with Crippen LogP contribution in [0, 0.1) is 0 Å². The van der Waals surface area contributed by atoms with Crippen molar-refractivity contribution in [3.8, 4) is 0 Å². The molecule has 2 nitrogen and oxygen atoms in total. The lowest BCUT2D eigenvalue weighted by Crippen LogP contribution is -3.00. The Morgan fingerprint density at radius 1 is 0.362 bits per heavy atom. The number of hydrogen-bond donors (Lipinski definition) is 0. The molecule has 0 spiro atoms. The van der Waals surface area contributed by atoms with Crippen LogP contribution in [0.15, 0.2) is 58.8 Å². The minimum Gasteiger partial charge on any atom is -1.00 e. The van der Waals surface area contributed by atoms with Crippen molar-refractivity contribution in [2.24, 2.45) is 0 Å². The van der Waals surface area contributed by atoms with Crippen molar-refractivity contribution in [1.82, 2.24) is 0 Å². The summed E-state index contributed by atoms with van der Waals surface area (Å²) >= 11 is 4.01. The van der Waals surface area contributed by atoms with Crippen molar-refractivity contribution in [3.05, 3.63) is 49.1 Å². The molecule has 2 rings (SSSR count). The van der Waals surface area contributed by atoms with E-state index in [2.05, 4.69) is 72.0 Å². The zero-order valence-corrected chi connectivity index (χ0v) is 36.5. The van der Waals surface area contributed by atoms with Gasteiger partial charge in [0.15, 0.2) is 24.8 Å². The van der Waals surface area contributed by atoms with Crippen molar-refractivity contribution in [1.29, 1.82) is 0 Å². The number of halogens is 2. The van der Waals surface area contributed by atoms with Crippen molar-refractivity contribution in [2.75, 3.05) is 11.5 Å². The van der Waals surface area contributed by atoms with Gasteiger partial charge in [-0.2, -0.15) is 0 Å². The lowest BCUT2D eigenvalue weighted by Gasteiger charge is -2.04. The number of nitrogens with zero attached hydrogens (tertiary/aromatic N) is 2. The second-order valence-corrected chi connectivity index (χ2v) is 15.7. The van der Waals surface area contributed by atoms with Crippen LogP contribution in [0.2, 0.25) is 0 Å². The molecule has 2 aromatic rings. The predicted molar refractivity (Wildman–Crippen MR) is 201 cm³/mol. The van der Waals surface area contributed by atoms with Crippen LogP contribution < -0.4 is 57.1 Å². The number of rotatable bonds is 32. The first-order valence-electron chi connectivity index (χ1n) is 19.6. The van der Waals surface area contributed by atoms with E-state index in [1.807, 2.05) is 23.5 Å². The first kappa shape index (κ1) is 47.5. The van der Waals surface area contributed by atoms with E-state index in [1.165, 1.54) is 182 Å². The second kappa shape index (κ2) is 36.3. The fraction of sp³-hybridized carbons (Fsp3) is 0.756. The van der Waals surface area contributed by atoms with Gasteiger partial charge in [-0.25, -0.2) is 9.13 Å². The average molecular weight is 911 g/mol. The third-order valence-corrected chi connectivity index (χ3v) is 11.3. The van der Waals surface area contributed by atoms with Gasteiger partial charge in [0.05, 0.1) is 0 Å². The highest BCUT2D eigenvalue weighted by Crippen LogP contribution is 2.21. The molecule has 2 aromatic heterocycles. The summed E-state index contributed by atoms with van der Waals surface area (Å²) in [7, 11) is 0. The Balaban J connectivity index is 0.0000106. The van der Waals surface area contributed by atoms with Gasteiger partial charge in [0, 0.05) is 46.9 Å². The van der Waals surface area contributed by atoms with Crippen molar-refractivity contribution in [3.63, 3.8) is 0 Å². The van der Waals surface area contributed by atoms with Crippen LogP contribution in [0.1, 0.15) is 174 Å². The Labute approximate surface area is 335 Å². The molecule has 0 unspecified atom stereocenters. The summed E-state index contributed by atoms with van der Waals surface area (Å²) in [4.78, 5) is 2.81. The Bertz CT molecular complexity index is 822. The standard InChI is InChI=1S/C41H72N2S2.2HI/c1-3-5-7-9-11-13-15-17-19-21-23-25-32-42-34-28-40(29-35-42)44-38-27-39-45-41-30-36-43(37-31-41)33-26-24-22-20-18-16-14-12-10-8-6-4-2;;/h28-31,34-37H,3-27,32-33,38-39H2,1-2H3;2*1H/q+2;;/p-2. The lowest BCUT2D eigenvalue weighted by molar-refractivity contribution is -0.697. The van der Waals surface area contributed by atoms with E-state index in [0.29, 0.717) is 0 Å². The summed E-state index contributed by atoms with van der Waals surface area (Å²) in [6.45, 7) is 6.92. The quantitative estimate of drug-likeness (QED) is 0.0341. The number of thioether (sulfide) groups is 2. The zero-order valence-electron chi connectivity index (χ0n) is 30.6. The molecule has 0 aliphatic heterocycles. The second-order valence-electron chi connectivity index (χ2n) is 13.4. The molecule has 0 amide bonds. The van der Waals surface area contributed by atoms with E-state index in [4.69, 9.17) is 0 Å². The third-order valence-electron chi connectivity index (χ3n) is 9.09. The molecule has 0 saturated carbocycles. The van der Waals surface area contributed by atoms with Crippen LogP contribution in [0.4, 0.5) is 0 Å². The van der Waals surface area contributed by atoms with Gasteiger partial charge in [-0.15, -0.1) is 23.5 Å². The first-order valence-corrected chi connectivity index (χ1v) is 21.5. The lowest BCUT2D eigenvalue weighted by atomic mass is 10.1. The molecule has 6 heteroatoms. The van der Waals surface area contributed by atoms with E-state index in [0.717, 1.165) is 13.1 Å². The molecule has 272 valence electrons. The van der Waals surface area contributed by atoms with Gasteiger partial charge in [-0.3, -0.25) is 0 Å². The SMILES string of the molecule is CCCCCCCCCCCCCC[n+]1ccc(SCCCSc2cc[n+](CCCCCCCCCCCCCC)cc2)cc1.[I-].[I-]. The van der Waals surface area contributed by atoms with E-state index in [-0.39, 0.29) is 48.0 Å². The number of unbranched alkanes of at least 4 members (excludes halogenated alkanes) is 22. The highest BCUT2D eigenvalue weighted by atomic mass is 127. The van der Waals surface area contributed by atoms with Crippen molar-refractivity contribution >= 4 is 23.5 Å². The van der Waals surface area contributed by atoms with Crippen molar-refractivity contribution in [2.45, 2.75) is 197 Å². The van der Waals surface area contributed by atoms with E-state index >= 15 is 0 Å². The molecule has 0 radical (unpaired) electrons. The first-order chi connectivity index (χ1) is 22.3. The monoisotopic (exact) mass is 910 g/mol. The molecule has 0 aliphatic carbocycles. The topological polar surface area (TPSA) is 7.76 Å². The largest absolute Gasteiger partial charge is 1.00 e. The molecule has 0 fully saturated rings. The molecule has 2 heterocycles. The van der Waals surface area contributed by atoms with Gasteiger partial charge in [0.2, 0.25) is 0 Å². The molecule has 0 N–H and O–H groups in total. The van der Waals surface area contributed by atoms with Crippen LogP contribution in [0.25, 0.3) is 0 Å². The number of aryl methyl sites for hydroxylation is 2. The smallest absolute Gasteiger partial charge is 0.169 e. The Morgan fingerprint density at radius 2 is 0.617 bits per heavy atom. The summed E-state index contributed by atoms with van der Waals surface area (Å²) in [5.41, 5.74) is 0. The third kappa shape index (κ3) is 28.8. The average Bonchev–Trinajstić information content (AvgIpc) is 3.07. The van der Waals surface area contributed by atoms with Gasteiger partial charge in [0.1, 0.15) is 13.1 Å². The van der Waals surface area contributed by atoms with E-state index in [9.17, 15) is 0 Å². The molecule has 0 bridgehead atoms. The summed E-state index contributed by atoms with van der Waals surface area (Å²) in [6.07, 6.45) is 44.4. The predicted octanol–water partition coefficient (Wildman–Crippen LogP) is 6.95. The fourth-order valence-electron chi connectivity index (χ4n) is 6.09. The molecule has 0 saturated heterocycles. The van der Waals surface area contributed by atoms with Gasteiger partial charge < -0.3 is 48.0 Å². The number of pyridine rings is 2. The van der Waals surface area contributed by atoms with Crippen LogP contribution in [-0.2, 0) is 13.1 Å². The summed E-state index contributed by atoms with van der Waals surface area (Å²) in [6, 6.07) is 9.24. The maximum Gasteiger partial charge on any atom is 0.169 e. The van der Waals surface area contributed by atoms with Gasteiger partial charge in [-0.1, -0.05) is 142 Å². The van der Waals surface area contributed by atoms with E-state index < -0.39 is 0 Å². The maximum absolute atomic E-state index is 2.37. The number of aromatic nitrogens is 2. The van der Waals surface area contributed by atoms with Crippen LogP contribution in [0.5, 0.6) is 0 Å². The summed E-state index contributed by atoms with van der Waals surface area (Å²) < 4.78 is 4.74. The normalized spacial score (nSPS) is 10.9. The fourth-order valence-corrected chi connectivity index (χ4v) is 7.95. The molecule has 0 aliphatic rings. The summed E-state index contributed by atoms with van der Waals surface area (Å²) in [5.74, 6) is 2.39. The van der Waals surface area contributed by atoms with Crippen LogP contribution in [0.3, 0.4) is 0 Å². The minimum absolute atomic E-state index is 0. The van der Waals surface area contributed by atoms with Gasteiger partial charge in [-0.05, 0) is 30.8 Å². The highest BCUT2D eigenvalue weighted by molar-refractivity contribution is 8.00. The van der Waals surface area contributed by atoms with Crippen LogP contribution in [-0.4, -0.2) is 11.5 Å². The maximum atomic E-state index is 2.37. The van der Waals surface area contributed by atoms with Crippen molar-refractivity contribution < 1.29 is 57.1 Å². The molecule has 0 atom stereocenters. The van der Waals surface area contributed by atoms with Gasteiger partial charge in [0.25, 0.3) is 0 Å². The molecular weight excluding hydrogens is 838 g/mol. The molecule has 0 aromatic carbocycles. The zero-order chi connectivity index (χ0) is 31.9. The highest BCUT2D eigenvalue weighted by Gasteiger charge is 2.04.